The predicted molar refractivity (Wildman–Crippen MR) is 79.9 cm³/mol. The number of piperidine rings is 1. The number of nitrogens with two attached hydrogens (primary N) is 1. The van der Waals surface area contributed by atoms with Crippen molar-refractivity contribution in [2.75, 3.05) is 25.9 Å². The molecule has 1 aliphatic heterocycles. The van der Waals surface area contributed by atoms with E-state index in [1.54, 1.807) is 11.8 Å². The summed E-state index contributed by atoms with van der Waals surface area (Å²) in [7, 11) is 0. The second-order valence-electron chi connectivity index (χ2n) is 5.17. The van der Waals surface area contributed by atoms with Gasteiger partial charge in [-0.15, -0.1) is 11.8 Å². The summed E-state index contributed by atoms with van der Waals surface area (Å²) in [6.07, 6.45) is 5.99. The first-order valence-corrected chi connectivity index (χ1v) is 8.09. The standard InChI is InChI=1S/C15H24N2S/c1-18-15-6-4-14(5-7-15)12-17-10-2-3-13(11-17)8-9-16/h4-7,13H,2-3,8-12,16H2,1H3. The molecule has 3 heteroatoms. The van der Waals surface area contributed by atoms with Gasteiger partial charge < -0.3 is 5.73 Å². The Morgan fingerprint density at radius 2 is 2.11 bits per heavy atom. The van der Waals surface area contributed by atoms with E-state index in [2.05, 4.69) is 35.4 Å². The molecule has 1 aromatic carbocycles. The summed E-state index contributed by atoms with van der Waals surface area (Å²) >= 11 is 1.80. The molecule has 1 aliphatic rings. The fourth-order valence-electron chi connectivity index (χ4n) is 2.76. The van der Waals surface area contributed by atoms with E-state index in [0.717, 1.165) is 19.0 Å². The Morgan fingerprint density at radius 1 is 1.33 bits per heavy atom. The average molecular weight is 264 g/mol. The predicted octanol–water partition coefficient (Wildman–Crippen LogP) is 2.97. The van der Waals surface area contributed by atoms with Gasteiger partial charge in [0.25, 0.3) is 0 Å². The van der Waals surface area contributed by atoms with Crippen molar-refractivity contribution >= 4 is 11.8 Å². The van der Waals surface area contributed by atoms with Gasteiger partial charge in [-0.05, 0) is 62.2 Å². The lowest BCUT2D eigenvalue weighted by Crippen LogP contribution is -2.35. The zero-order valence-electron chi connectivity index (χ0n) is 11.3. The van der Waals surface area contributed by atoms with E-state index >= 15 is 0 Å². The van der Waals surface area contributed by atoms with E-state index in [-0.39, 0.29) is 0 Å². The lowest BCUT2D eigenvalue weighted by Gasteiger charge is -2.32. The Hall–Kier alpha value is -0.510. The van der Waals surface area contributed by atoms with Gasteiger partial charge >= 0.3 is 0 Å². The van der Waals surface area contributed by atoms with Crippen LogP contribution in [0.2, 0.25) is 0 Å². The van der Waals surface area contributed by atoms with Crippen LogP contribution in [-0.2, 0) is 6.54 Å². The lowest BCUT2D eigenvalue weighted by atomic mass is 9.94. The molecule has 1 aromatic rings. The topological polar surface area (TPSA) is 29.3 Å². The minimum atomic E-state index is 0.814. The van der Waals surface area contributed by atoms with E-state index in [9.17, 15) is 0 Å². The Labute approximate surface area is 115 Å². The fraction of sp³-hybridized carbons (Fsp3) is 0.600. The van der Waals surface area contributed by atoms with Crippen molar-refractivity contribution in [2.45, 2.75) is 30.7 Å². The summed E-state index contributed by atoms with van der Waals surface area (Å²) in [6.45, 7) is 4.39. The maximum absolute atomic E-state index is 5.67. The van der Waals surface area contributed by atoms with Gasteiger partial charge in [-0.25, -0.2) is 0 Å². The summed E-state index contributed by atoms with van der Waals surface area (Å²) in [4.78, 5) is 3.93. The van der Waals surface area contributed by atoms with E-state index in [4.69, 9.17) is 5.73 Å². The van der Waals surface area contributed by atoms with Crippen LogP contribution in [0.5, 0.6) is 0 Å². The molecule has 0 saturated carbocycles. The molecular formula is C15H24N2S. The summed E-state index contributed by atoms with van der Waals surface area (Å²) < 4.78 is 0. The highest BCUT2D eigenvalue weighted by molar-refractivity contribution is 7.98. The van der Waals surface area contributed by atoms with E-state index in [0.29, 0.717) is 0 Å². The molecule has 0 bridgehead atoms. The van der Waals surface area contributed by atoms with Gasteiger partial charge in [-0.2, -0.15) is 0 Å². The average Bonchev–Trinajstić information content (AvgIpc) is 2.40. The normalized spacial score (nSPS) is 21.1. The summed E-state index contributed by atoms with van der Waals surface area (Å²) in [6, 6.07) is 8.97. The number of benzene rings is 1. The minimum Gasteiger partial charge on any atom is -0.330 e. The highest BCUT2D eigenvalue weighted by atomic mass is 32.2. The van der Waals surface area contributed by atoms with Crippen LogP contribution in [0.1, 0.15) is 24.8 Å². The van der Waals surface area contributed by atoms with E-state index in [1.165, 1.54) is 42.8 Å². The molecule has 0 spiro atoms. The SMILES string of the molecule is CSc1ccc(CN2CCCC(CCN)C2)cc1. The van der Waals surface area contributed by atoms with Gasteiger partial charge in [0.15, 0.2) is 0 Å². The van der Waals surface area contributed by atoms with Crippen LogP contribution < -0.4 is 5.73 Å². The molecule has 2 rings (SSSR count). The molecule has 0 aromatic heterocycles. The van der Waals surface area contributed by atoms with Gasteiger partial charge in [-0.1, -0.05) is 12.1 Å². The molecule has 0 aliphatic carbocycles. The van der Waals surface area contributed by atoms with Crippen molar-refractivity contribution in [3.05, 3.63) is 29.8 Å². The van der Waals surface area contributed by atoms with Crippen LogP contribution in [0.4, 0.5) is 0 Å². The van der Waals surface area contributed by atoms with Crippen LogP contribution in [0.25, 0.3) is 0 Å². The fourth-order valence-corrected chi connectivity index (χ4v) is 3.16. The van der Waals surface area contributed by atoms with Crippen LogP contribution in [0, 0.1) is 5.92 Å². The highest BCUT2D eigenvalue weighted by Gasteiger charge is 2.19. The van der Waals surface area contributed by atoms with Gasteiger partial charge in [0, 0.05) is 18.0 Å². The van der Waals surface area contributed by atoms with E-state index in [1.807, 2.05) is 0 Å². The first-order chi connectivity index (χ1) is 8.81. The third-order valence-electron chi connectivity index (χ3n) is 3.74. The minimum absolute atomic E-state index is 0.814. The van der Waals surface area contributed by atoms with Gasteiger partial charge in [0.1, 0.15) is 0 Å². The molecule has 1 unspecified atom stereocenters. The number of likely N-dealkylation sites (tertiary alicyclic amines) is 1. The number of thioether (sulfide) groups is 1. The zero-order chi connectivity index (χ0) is 12.8. The van der Waals surface area contributed by atoms with Crippen LogP contribution in [-0.4, -0.2) is 30.8 Å². The number of nitrogens with zero attached hydrogens (tertiary/aromatic N) is 1. The zero-order valence-corrected chi connectivity index (χ0v) is 12.1. The quantitative estimate of drug-likeness (QED) is 0.829. The first kappa shape index (κ1) is 13.9. The second-order valence-corrected chi connectivity index (χ2v) is 6.05. The molecule has 1 saturated heterocycles. The monoisotopic (exact) mass is 264 g/mol. The molecular weight excluding hydrogens is 240 g/mol. The van der Waals surface area contributed by atoms with Crippen LogP contribution in [0.15, 0.2) is 29.2 Å². The smallest absolute Gasteiger partial charge is 0.0233 e. The number of hydrogen-bond acceptors (Lipinski definition) is 3. The molecule has 1 heterocycles. The molecule has 2 N–H and O–H groups in total. The summed E-state index contributed by atoms with van der Waals surface area (Å²) in [5.41, 5.74) is 7.10. The number of rotatable bonds is 5. The molecule has 2 nitrogen and oxygen atoms in total. The summed E-state index contributed by atoms with van der Waals surface area (Å²) in [5.74, 6) is 0.814. The third kappa shape index (κ3) is 4.01. The molecule has 100 valence electrons. The Morgan fingerprint density at radius 3 is 2.78 bits per heavy atom. The molecule has 1 fully saturated rings. The van der Waals surface area contributed by atoms with Crippen LogP contribution >= 0.6 is 11.8 Å². The first-order valence-electron chi connectivity index (χ1n) is 6.87. The summed E-state index contributed by atoms with van der Waals surface area (Å²) in [5, 5.41) is 0. The maximum atomic E-state index is 5.67. The van der Waals surface area contributed by atoms with Crippen molar-refractivity contribution < 1.29 is 0 Å². The molecule has 0 radical (unpaired) electrons. The van der Waals surface area contributed by atoms with Gasteiger partial charge in [-0.3, -0.25) is 4.90 Å². The number of hydrogen-bond donors (Lipinski definition) is 1. The van der Waals surface area contributed by atoms with Crippen molar-refractivity contribution in [3.63, 3.8) is 0 Å². The van der Waals surface area contributed by atoms with Crippen molar-refractivity contribution in [1.29, 1.82) is 0 Å². The van der Waals surface area contributed by atoms with Crippen molar-refractivity contribution in [1.82, 2.24) is 4.90 Å². The Balaban J connectivity index is 1.87. The second kappa shape index (κ2) is 7.17. The molecule has 0 amide bonds. The van der Waals surface area contributed by atoms with Crippen molar-refractivity contribution in [3.8, 4) is 0 Å². The van der Waals surface area contributed by atoms with Gasteiger partial charge in [0.05, 0.1) is 0 Å². The lowest BCUT2D eigenvalue weighted by molar-refractivity contribution is 0.163. The Bertz CT molecular complexity index is 348. The molecule has 18 heavy (non-hydrogen) atoms. The van der Waals surface area contributed by atoms with Gasteiger partial charge in [0.2, 0.25) is 0 Å². The third-order valence-corrected chi connectivity index (χ3v) is 4.49. The largest absolute Gasteiger partial charge is 0.330 e. The maximum Gasteiger partial charge on any atom is 0.0233 e. The van der Waals surface area contributed by atoms with Crippen LogP contribution in [0.3, 0.4) is 0 Å². The molecule has 1 atom stereocenters. The Kier molecular flexibility index (Phi) is 5.54. The highest BCUT2D eigenvalue weighted by Crippen LogP contribution is 2.21. The van der Waals surface area contributed by atoms with Crippen molar-refractivity contribution in [2.24, 2.45) is 11.7 Å². The van der Waals surface area contributed by atoms with E-state index < -0.39 is 0 Å².